The highest BCUT2D eigenvalue weighted by Gasteiger charge is 2.56. The predicted molar refractivity (Wildman–Crippen MR) is 162 cm³/mol. The lowest BCUT2D eigenvalue weighted by molar-refractivity contribution is -0.131. The van der Waals surface area contributed by atoms with Crippen LogP contribution < -0.4 is 20.9 Å². The van der Waals surface area contributed by atoms with E-state index in [2.05, 4.69) is 22.2 Å². The van der Waals surface area contributed by atoms with Crippen LogP contribution >= 0.6 is 0 Å². The van der Waals surface area contributed by atoms with Gasteiger partial charge in [0.15, 0.2) is 0 Å². The van der Waals surface area contributed by atoms with E-state index in [4.69, 9.17) is 4.74 Å². The van der Waals surface area contributed by atoms with Gasteiger partial charge in [-0.15, -0.1) is 0 Å². The van der Waals surface area contributed by atoms with Crippen molar-refractivity contribution in [3.05, 3.63) is 113 Å². The number of rotatable bonds is 9. The number of aromatic nitrogens is 1. The van der Waals surface area contributed by atoms with E-state index in [-0.39, 0.29) is 5.56 Å². The molecule has 9 heteroatoms. The molecule has 1 aromatic heterocycles. The highest BCUT2D eigenvalue weighted by Crippen LogP contribution is 2.47. The van der Waals surface area contributed by atoms with E-state index < -0.39 is 23.0 Å². The number of carbonyl (C=O) groups is 2. The lowest BCUT2D eigenvalue weighted by Gasteiger charge is -2.16. The van der Waals surface area contributed by atoms with E-state index in [9.17, 15) is 18.8 Å². The average molecular weight is 565 g/mol. The van der Waals surface area contributed by atoms with Crippen molar-refractivity contribution in [1.82, 2.24) is 4.57 Å². The van der Waals surface area contributed by atoms with Crippen molar-refractivity contribution in [3.8, 4) is 16.9 Å². The van der Waals surface area contributed by atoms with E-state index in [0.717, 1.165) is 11.1 Å². The summed E-state index contributed by atoms with van der Waals surface area (Å²) >= 11 is 0. The van der Waals surface area contributed by atoms with E-state index in [0.29, 0.717) is 47.0 Å². The molecule has 3 aromatic carbocycles. The van der Waals surface area contributed by atoms with E-state index in [1.165, 1.54) is 28.8 Å². The second-order valence-electron chi connectivity index (χ2n) is 10.0. The summed E-state index contributed by atoms with van der Waals surface area (Å²) in [6.07, 6.45) is 4.24. The third-order valence-corrected chi connectivity index (χ3v) is 7.08. The van der Waals surface area contributed by atoms with E-state index in [1.807, 2.05) is 31.2 Å². The van der Waals surface area contributed by atoms with E-state index in [1.54, 1.807) is 49.8 Å². The Morgan fingerprint density at radius 1 is 0.929 bits per heavy atom. The van der Waals surface area contributed by atoms with Gasteiger partial charge in [-0.05, 0) is 97.6 Å². The van der Waals surface area contributed by atoms with Crippen LogP contribution in [-0.4, -0.2) is 22.6 Å². The molecule has 1 aliphatic rings. The van der Waals surface area contributed by atoms with Crippen molar-refractivity contribution >= 4 is 40.9 Å². The third kappa shape index (κ3) is 6.05. The predicted octanol–water partition coefficient (Wildman–Crippen LogP) is 6.32. The highest BCUT2D eigenvalue weighted by atomic mass is 19.1. The standard InChI is InChI=1S/C33H29FN4O4/c1-4-35-29-19-22(23-15-18-38(3)30(39)20-23)5-14-28(29)21(2)42-27-12-10-26(11-13-27)37-32(41)33(16-17-33)31(40)36-25-8-6-24(34)7-9-25/h4-15,18-20H,2,16-17H2,1,3H3,(H,36,40)(H,37,41). The zero-order valence-electron chi connectivity index (χ0n) is 23.2. The van der Waals surface area contributed by atoms with Gasteiger partial charge in [0.25, 0.3) is 5.56 Å². The normalized spacial score (nSPS) is 13.4. The van der Waals surface area contributed by atoms with Crippen LogP contribution in [0.2, 0.25) is 0 Å². The van der Waals surface area contributed by atoms with Gasteiger partial charge in [-0.3, -0.25) is 19.4 Å². The van der Waals surface area contributed by atoms with Crippen molar-refractivity contribution in [2.24, 2.45) is 17.5 Å². The number of hydrogen-bond acceptors (Lipinski definition) is 5. The number of carbonyl (C=O) groups excluding carboxylic acids is 2. The van der Waals surface area contributed by atoms with Gasteiger partial charge in [0.2, 0.25) is 11.8 Å². The number of aryl methyl sites for hydroxylation is 1. The summed E-state index contributed by atoms with van der Waals surface area (Å²) in [6, 6.07) is 21.2. The molecule has 0 aliphatic heterocycles. The molecule has 2 amide bonds. The Labute approximate surface area is 242 Å². The van der Waals surface area contributed by atoms with Gasteiger partial charge < -0.3 is 19.9 Å². The number of ether oxygens (including phenoxy) is 1. The fourth-order valence-electron chi connectivity index (χ4n) is 4.44. The number of pyridine rings is 1. The van der Waals surface area contributed by atoms with Crippen molar-refractivity contribution < 1.29 is 18.7 Å². The smallest absolute Gasteiger partial charge is 0.250 e. The number of anilines is 2. The van der Waals surface area contributed by atoms with Crippen LogP contribution in [0.25, 0.3) is 16.9 Å². The second-order valence-corrected chi connectivity index (χ2v) is 10.0. The summed E-state index contributed by atoms with van der Waals surface area (Å²) in [5, 5.41) is 5.50. The maximum absolute atomic E-state index is 13.2. The first kappa shape index (κ1) is 28.2. The summed E-state index contributed by atoms with van der Waals surface area (Å²) in [6.45, 7) is 5.89. The summed E-state index contributed by atoms with van der Waals surface area (Å²) < 4.78 is 20.7. The van der Waals surface area contributed by atoms with Gasteiger partial charge in [0.05, 0.1) is 5.69 Å². The number of benzene rings is 3. The minimum atomic E-state index is -1.16. The summed E-state index contributed by atoms with van der Waals surface area (Å²) in [4.78, 5) is 42.4. The van der Waals surface area contributed by atoms with E-state index >= 15 is 0 Å². The Bertz CT molecular complexity index is 1750. The summed E-state index contributed by atoms with van der Waals surface area (Å²) in [5.74, 6) is -0.367. The first-order valence-corrected chi connectivity index (χ1v) is 13.3. The van der Waals surface area contributed by atoms with Crippen LogP contribution in [0.4, 0.5) is 21.5 Å². The highest BCUT2D eigenvalue weighted by molar-refractivity contribution is 6.16. The number of halogens is 1. The maximum atomic E-state index is 13.2. The number of amides is 2. The molecule has 0 atom stereocenters. The molecule has 0 unspecified atom stereocenters. The minimum absolute atomic E-state index is 0.106. The van der Waals surface area contributed by atoms with Gasteiger partial charge in [-0.2, -0.15) is 0 Å². The van der Waals surface area contributed by atoms with Crippen LogP contribution in [0.5, 0.6) is 5.75 Å². The molecule has 0 saturated heterocycles. The van der Waals surface area contributed by atoms with Crippen LogP contribution in [-0.2, 0) is 16.6 Å². The average Bonchev–Trinajstić information content (AvgIpc) is 3.79. The fraction of sp³-hybridized carbons (Fsp3) is 0.152. The second kappa shape index (κ2) is 11.7. The summed E-state index contributed by atoms with van der Waals surface area (Å²) in [7, 11) is 1.70. The monoisotopic (exact) mass is 564 g/mol. The van der Waals surface area contributed by atoms with Gasteiger partial charge in [-0.1, -0.05) is 12.6 Å². The molecule has 0 spiro atoms. The number of nitrogens with one attached hydrogen (secondary N) is 2. The number of aliphatic imine (C=N–C) groups is 1. The van der Waals surface area contributed by atoms with Crippen LogP contribution in [0.3, 0.4) is 0 Å². The molecule has 42 heavy (non-hydrogen) atoms. The third-order valence-electron chi connectivity index (χ3n) is 7.08. The van der Waals surface area contributed by atoms with Crippen molar-refractivity contribution in [2.45, 2.75) is 19.8 Å². The molecule has 0 radical (unpaired) electrons. The van der Waals surface area contributed by atoms with Crippen molar-refractivity contribution in [3.63, 3.8) is 0 Å². The molecule has 4 aromatic rings. The Kier molecular flexibility index (Phi) is 7.84. The van der Waals surface area contributed by atoms with Crippen LogP contribution in [0, 0.1) is 11.2 Å². The molecule has 1 saturated carbocycles. The van der Waals surface area contributed by atoms with Crippen molar-refractivity contribution in [2.75, 3.05) is 10.6 Å². The molecule has 1 heterocycles. The molecule has 5 rings (SSSR count). The van der Waals surface area contributed by atoms with Gasteiger partial charge in [0.1, 0.15) is 22.7 Å². The first-order valence-electron chi connectivity index (χ1n) is 13.3. The van der Waals surface area contributed by atoms with Gasteiger partial charge in [0, 0.05) is 42.5 Å². The van der Waals surface area contributed by atoms with Gasteiger partial charge in [-0.25, -0.2) is 4.39 Å². The zero-order chi connectivity index (χ0) is 29.9. The molecular formula is C33H29FN4O4. The quantitative estimate of drug-likeness (QED) is 0.141. The topological polar surface area (TPSA) is 102 Å². The number of nitrogens with zero attached hydrogens (tertiary/aromatic N) is 2. The minimum Gasteiger partial charge on any atom is -0.457 e. The lowest BCUT2D eigenvalue weighted by Crippen LogP contribution is -2.35. The molecule has 8 nitrogen and oxygen atoms in total. The Morgan fingerprint density at radius 2 is 1.52 bits per heavy atom. The van der Waals surface area contributed by atoms with Gasteiger partial charge >= 0.3 is 0 Å². The summed E-state index contributed by atoms with van der Waals surface area (Å²) in [5.41, 5.74) is 2.60. The van der Waals surface area contributed by atoms with Crippen LogP contribution in [0.15, 0.2) is 101 Å². The molecular weight excluding hydrogens is 535 g/mol. The molecule has 1 fully saturated rings. The molecule has 2 N–H and O–H groups in total. The SMILES string of the molecule is C=C(Oc1ccc(NC(=O)C2(C(=O)Nc3ccc(F)cc3)CC2)cc1)c1ccc(-c2ccn(C)c(=O)c2)cc1N=CC. The molecule has 1 aliphatic carbocycles. The number of hydrogen-bond donors (Lipinski definition) is 2. The first-order chi connectivity index (χ1) is 20.2. The Hall–Kier alpha value is -5.31. The fourth-order valence-corrected chi connectivity index (χ4v) is 4.44. The Balaban J connectivity index is 1.24. The van der Waals surface area contributed by atoms with Crippen LogP contribution in [0.1, 0.15) is 25.3 Å². The maximum Gasteiger partial charge on any atom is 0.250 e. The lowest BCUT2D eigenvalue weighted by atomic mass is 10.0. The van der Waals surface area contributed by atoms with Crippen molar-refractivity contribution in [1.29, 1.82) is 0 Å². The molecule has 212 valence electrons. The zero-order valence-corrected chi connectivity index (χ0v) is 23.2. The molecule has 0 bridgehead atoms. The Morgan fingerprint density at radius 3 is 2.10 bits per heavy atom. The largest absolute Gasteiger partial charge is 0.457 e.